The molecule has 0 bridgehead atoms. The highest BCUT2D eigenvalue weighted by molar-refractivity contribution is 6.02. The maximum Gasteiger partial charge on any atom is 0.254 e. The fraction of sp³-hybridized carbons (Fsp3) is 0.407. The van der Waals surface area contributed by atoms with Gasteiger partial charge in [-0.1, -0.05) is 32.0 Å². The first-order valence-electron chi connectivity index (χ1n) is 11.7. The van der Waals surface area contributed by atoms with Crippen molar-refractivity contribution in [2.75, 3.05) is 13.1 Å². The molecule has 1 aliphatic heterocycles. The number of morpholine rings is 1. The number of carbonyl (C=O) groups is 2. The monoisotopic (exact) mass is 445 g/mol. The Labute approximate surface area is 195 Å². The number of hydrogen-bond donors (Lipinski definition) is 0. The van der Waals surface area contributed by atoms with Crippen molar-refractivity contribution in [3.63, 3.8) is 0 Å². The van der Waals surface area contributed by atoms with Gasteiger partial charge in [0.1, 0.15) is 0 Å². The van der Waals surface area contributed by atoms with Crippen LogP contribution in [-0.4, -0.2) is 51.9 Å². The third-order valence-electron chi connectivity index (χ3n) is 6.12. The molecule has 1 aromatic heterocycles. The number of Topliss-reactive ketones (excluding diaryl/α,β-unsaturated/α-hetero) is 1. The van der Waals surface area contributed by atoms with Gasteiger partial charge >= 0.3 is 0 Å². The summed E-state index contributed by atoms with van der Waals surface area (Å²) in [5, 5.41) is 0. The second-order valence-electron chi connectivity index (χ2n) is 8.75. The molecule has 0 spiro atoms. The molecule has 172 valence electrons. The van der Waals surface area contributed by atoms with Gasteiger partial charge in [0.05, 0.1) is 34.6 Å². The van der Waals surface area contributed by atoms with Crippen LogP contribution in [0.1, 0.15) is 65.4 Å². The fourth-order valence-corrected chi connectivity index (χ4v) is 4.54. The van der Waals surface area contributed by atoms with Gasteiger partial charge in [0.15, 0.2) is 5.78 Å². The molecule has 2 atom stereocenters. The van der Waals surface area contributed by atoms with Crippen molar-refractivity contribution < 1.29 is 14.3 Å². The van der Waals surface area contributed by atoms with E-state index >= 15 is 0 Å². The minimum absolute atomic E-state index is 0.00793. The second kappa shape index (κ2) is 9.79. The molecule has 1 amide bonds. The van der Waals surface area contributed by atoms with Crippen molar-refractivity contribution in [2.24, 2.45) is 0 Å². The second-order valence-corrected chi connectivity index (χ2v) is 8.75. The third-order valence-corrected chi connectivity index (χ3v) is 6.12. The maximum atomic E-state index is 13.3. The van der Waals surface area contributed by atoms with Crippen molar-refractivity contribution >= 4 is 22.7 Å². The molecule has 33 heavy (non-hydrogen) atoms. The summed E-state index contributed by atoms with van der Waals surface area (Å²) >= 11 is 0. The van der Waals surface area contributed by atoms with Gasteiger partial charge in [0.2, 0.25) is 0 Å². The summed E-state index contributed by atoms with van der Waals surface area (Å²) in [5.41, 5.74) is 5.40. The first-order valence-corrected chi connectivity index (χ1v) is 11.7. The van der Waals surface area contributed by atoms with Gasteiger partial charge in [-0.25, -0.2) is 9.97 Å². The summed E-state index contributed by atoms with van der Waals surface area (Å²) in [4.78, 5) is 37.8. The highest BCUT2D eigenvalue weighted by Gasteiger charge is 2.28. The molecule has 6 heteroatoms. The minimum Gasteiger partial charge on any atom is -0.372 e. The Morgan fingerprint density at radius 2 is 1.58 bits per heavy atom. The minimum atomic E-state index is -0.0514. The van der Waals surface area contributed by atoms with Crippen molar-refractivity contribution in [2.45, 2.75) is 59.2 Å². The number of aromatic nitrogens is 2. The highest BCUT2D eigenvalue weighted by atomic mass is 16.5. The Hall–Kier alpha value is -3.12. The molecule has 0 saturated carbocycles. The van der Waals surface area contributed by atoms with E-state index in [1.54, 1.807) is 12.1 Å². The number of benzene rings is 2. The summed E-state index contributed by atoms with van der Waals surface area (Å²) in [6.45, 7) is 9.18. The standard InChI is InChI=1S/C27H31N3O3/c1-5-22-23(6-2)29-25-13-20(11-12-24(25)28-22)26(31)14-19-9-7-8-10-21(19)27(32)30-15-17(3)33-18(4)16-30/h7-13,17-18H,5-6,14-16H2,1-4H3. The lowest BCUT2D eigenvalue weighted by molar-refractivity contribution is -0.0586. The molecule has 0 N–H and O–H groups in total. The lowest BCUT2D eigenvalue weighted by Crippen LogP contribution is -2.48. The van der Waals surface area contributed by atoms with E-state index in [1.165, 1.54) is 0 Å². The zero-order chi connectivity index (χ0) is 23.5. The average Bonchev–Trinajstić information content (AvgIpc) is 2.82. The van der Waals surface area contributed by atoms with Crippen molar-refractivity contribution in [1.82, 2.24) is 14.9 Å². The summed E-state index contributed by atoms with van der Waals surface area (Å²) in [6.07, 6.45) is 1.78. The number of aryl methyl sites for hydroxylation is 2. The van der Waals surface area contributed by atoms with Crippen molar-refractivity contribution in [1.29, 1.82) is 0 Å². The lowest BCUT2D eigenvalue weighted by Gasteiger charge is -2.35. The first-order chi connectivity index (χ1) is 15.9. The predicted molar refractivity (Wildman–Crippen MR) is 129 cm³/mol. The van der Waals surface area contributed by atoms with Crippen LogP contribution in [0.15, 0.2) is 42.5 Å². The fourth-order valence-electron chi connectivity index (χ4n) is 4.54. The van der Waals surface area contributed by atoms with E-state index in [1.807, 2.05) is 49.1 Å². The van der Waals surface area contributed by atoms with E-state index in [0.29, 0.717) is 24.2 Å². The molecule has 1 fully saturated rings. The molecule has 2 aromatic carbocycles. The SMILES string of the molecule is CCc1nc2ccc(C(=O)Cc3ccccc3C(=O)N3CC(C)OC(C)C3)cc2nc1CC. The molecule has 4 rings (SSSR count). The third kappa shape index (κ3) is 4.96. The summed E-state index contributed by atoms with van der Waals surface area (Å²) in [5.74, 6) is -0.0928. The molecule has 3 aromatic rings. The normalized spacial score (nSPS) is 18.5. The quantitative estimate of drug-likeness (QED) is 0.525. The Bertz CT molecular complexity index is 1180. The molecular weight excluding hydrogens is 414 g/mol. The van der Waals surface area contributed by atoms with Crippen LogP contribution in [0.4, 0.5) is 0 Å². The zero-order valence-electron chi connectivity index (χ0n) is 19.8. The number of ether oxygens (including phenoxy) is 1. The van der Waals surface area contributed by atoms with Crippen LogP contribution >= 0.6 is 0 Å². The van der Waals surface area contributed by atoms with Crippen LogP contribution in [0, 0.1) is 0 Å². The van der Waals surface area contributed by atoms with Crippen LogP contribution in [0.2, 0.25) is 0 Å². The van der Waals surface area contributed by atoms with Gasteiger partial charge in [-0.3, -0.25) is 9.59 Å². The van der Waals surface area contributed by atoms with Gasteiger partial charge in [-0.05, 0) is 56.5 Å². The number of ketones is 1. The average molecular weight is 446 g/mol. The number of carbonyl (C=O) groups excluding carboxylic acids is 2. The Balaban J connectivity index is 1.59. The summed E-state index contributed by atoms with van der Waals surface area (Å²) in [6, 6.07) is 12.9. The van der Waals surface area contributed by atoms with Gasteiger partial charge < -0.3 is 9.64 Å². The van der Waals surface area contributed by atoms with Crippen LogP contribution in [0.5, 0.6) is 0 Å². The van der Waals surface area contributed by atoms with Gasteiger partial charge in [0, 0.05) is 30.6 Å². The van der Waals surface area contributed by atoms with E-state index in [0.717, 1.165) is 40.8 Å². The van der Waals surface area contributed by atoms with E-state index in [4.69, 9.17) is 14.7 Å². The Morgan fingerprint density at radius 1 is 0.939 bits per heavy atom. The van der Waals surface area contributed by atoms with Gasteiger partial charge in [-0.15, -0.1) is 0 Å². The molecule has 2 unspecified atom stereocenters. The predicted octanol–water partition coefficient (Wildman–Crippen LogP) is 4.43. The topological polar surface area (TPSA) is 72.4 Å². The number of fused-ring (bicyclic) bond motifs is 1. The van der Waals surface area contributed by atoms with Crippen LogP contribution in [0.25, 0.3) is 11.0 Å². The zero-order valence-corrected chi connectivity index (χ0v) is 19.8. The molecule has 0 aliphatic carbocycles. The Morgan fingerprint density at radius 3 is 2.24 bits per heavy atom. The molecule has 1 aliphatic rings. The number of nitrogens with zero attached hydrogens (tertiary/aromatic N) is 3. The lowest BCUT2D eigenvalue weighted by atomic mass is 9.97. The molecular formula is C27H31N3O3. The summed E-state index contributed by atoms with van der Waals surface area (Å²) < 4.78 is 5.76. The molecule has 6 nitrogen and oxygen atoms in total. The van der Waals surface area contributed by atoms with E-state index in [2.05, 4.69) is 13.8 Å². The van der Waals surface area contributed by atoms with Gasteiger partial charge in [-0.2, -0.15) is 0 Å². The maximum absolute atomic E-state index is 13.3. The molecule has 2 heterocycles. The number of amides is 1. The summed E-state index contributed by atoms with van der Waals surface area (Å²) in [7, 11) is 0. The van der Waals surface area contributed by atoms with E-state index in [9.17, 15) is 9.59 Å². The largest absolute Gasteiger partial charge is 0.372 e. The smallest absolute Gasteiger partial charge is 0.254 e. The van der Waals surface area contributed by atoms with E-state index < -0.39 is 0 Å². The highest BCUT2D eigenvalue weighted by Crippen LogP contribution is 2.21. The number of rotatable bonds is 6. The van der Waals surface area contributed by atoms with E-state index in [-0.39, 0.29) is 30.3 Å². The van der Waals surface area contributed by atoms with Crippen LogP contribution in [0.3, 0.4) is 0 Å². The van der Waals surface area contributed by atoms with Crippen molar-refractivity contribution in [3.05, 3.63) is 70.5 Å². The Kier molecular flexibility index (Phi) is 6.84. The molecule has 0 radical (unpaired) electrons. The van der Waals surface area contributed by atoms with Gasteiger partial charge in [0.25, 0.3) is 5.91 Å². The van der Waals surface area contributed by atoms with Crippen LogP contribution < -0.4 is 0 Å². The van der Waals surface area contributed by atoms with Crippen molar-refractivity contribution in [3.8, 4) is 0 Å². The first kappa shape index (κ1) is 23.1. The number of hydrogen-bond acceptors (Lipinski definition) is 5. The molecule has 1 saturated heterocycles. The van der Waals surface area contributed by atoms with Crippen LogP contribution in [-0.2, 0) is 24.0 Å².